The lowest BCUT2D eigenvalue weighted by molar-refractivity contribution is -0.155. The molecule has 0 spiro atoms. The fourth-order valence-electron chi connectivity index (χ4n) is 3.09. The maximum absolute atomic E-state index is 12.6. The lowest BCUT2D eigenvalue weighted by Crippen LogP contribution is -2.34. The molecular weight excluding hydrogens is 450 g/mol. The molecule has 3 rings (SSSR count). The fourth-order valence-corrected chi connectivity index (χ4v) is 4.10. The molecule has 10 nitrogen and oxygen atoms in total. The number of hydrogen-bond donors (Lipinski definition) is 4. The van der Waals surface area contributed by atoms with E-state index in [4.69, 9.17) is 4.74 Å². The molecule has 1 atom stereocenters. The largest absolute Gasteiger partial charge is 0.497 e. The number of nitrogens with zero attached hydrogens (tertiary/aromatic N) is 1. The quantitative estimate of drug-likeness (QED) is 0.327. The second kappa shape index (κ2) is 10.0. The van der Waals surface area contributed by atoms with Gasteiger partial charge in [-0.3, -0.25) is 14.3 Å². The van der Waals surface area contributed by atoms with E-state index in [2.05, 4.69) is 15.0 Å². The third kappa shape index (κ3) is 5.77. The number of aromatic nitrogens is 1. The van der Waals surface area contributed by atoms with Crippen molar-refractivity contribution in [2.75, 3.05) is 17.1 Å². The maximum atomic E-state index is 12.6. The van der Waals surface area contributed by atoms with Crippen molar-refractivity contribution in [1.82, 2.24) is 4.98 Å². The van der Waals surface area contributed by atoms with E-state index in [9.17, 15) is 28.2 Å². The van der Waals surface area contributed by atoms with Gasteiger partial charge >= 0.3 is 11.9 Å². The van der Waals surface area contributed by atoms with E-state index in [1.807, 2.05) is 0 Å². The second-order valence-electron chi connectivity index (χ2n) is 6.89. The van der Waals surface area contributed by atoms with Crippen LogP contribution in [0.2, 0.25) is 0 Å². The summed E-state index contributed by atoms with van der Waals surface area (Å²) in [6, 6.07) is 15.4. The highest BCUT2D eigenvalue weighted by Gasteiger charge is 2.36. The molecule has 172 valence electrons. The van der Waals surface area contributed by atoms with Crippen molar-refractivity contribution in [1.29, 1.82) is 0 Å². The number of anilines is 2. The molecule has 4 N–H and O–H groups in total. The predicted molar refractivity (Wildman–Crippen MR) is 120 cm³/mol. The number of carboxylic acids is 2. The Balaban J connectivity index is 1.88. The molecule has 0 fully saturated rings. The first kappa shape index (κ1) is 23.5. The summed E-state index contributed by atoms with van der Waals surface area (Å²) in [6.07, 6.45) is 1.45. The molecular formula is C22H21N3O7S. The molecule has 0 saturated carbocycles. The van der Waals surface area contributed by atoms with Crippen molar-refractivity contribution in [3.8, 4) is 5.75 Å². The van der Waals surface area contributed by atoms with E-state index in [0.29, 0.717) is 17.0 Å². The van der Waals surface area contributed by atoms with Gasteiger partial charge in [0.15, 0.2) is 5.92 Å². The highest BCUT2D eigenvalue weighted by atomic mass is 32.2. The number of benzene rings is 2. The molecule has 0 bridgehead atoms. The van der Waals surface area contributed by atoms with Crippen LogP contribution < -0.4 is 14.8 Å². The molecule has 1 aromatic heterocycles. The zero-order chi connectivity index (χ0) is 24.0. The maximum Gasteiger partial charge on any atom is 0.320 e. The third-order valence-electron chi connectivity index (χ3n) is 4.73. The minimum atomic E-state index is -3.90. The van der Waals surface area contributed by atoms with Gasteiger partial charge < -0.3 is 20.3 Å². The van der Waals surface area contributed by atoms with Crippen LogP contribution in [0.25, 0.3) is 0 Å². The molecule has 11 heteroatoms. The summed E-state index contributed by atoms with van der Waals surface area (Å²) in [4.78, 5) is 27.3. The summed E-state index contributed by atoms with van der Waals surface area (Å²) in [5, 5.41) is 21.9. The van der Waals surface area contributed by atoms with Gasteiger partial charge in [0.2, 0.25) is 0 Å². The molecule has 0 radical (unpaired) electrons. The van der Waals surface area contributed by atoms with Crippen LogP contribution in [0, 0.1) is 5.92 Å². The van der Waals surface area contributed by atoms with Crippen molar-refractivity contribution in [2.45, 2.75) is 10.9 Å². The number of nitrogens with one attached hydrogen (secondary N) is 2. The summed E-state index contributed by atoms with van der Waals surface area (Å²) in [5.74, 6) is -4.16. The monoisotopic (exact) mass is 471 g/mol. The van der Waals surface area contributed by atoms with Crippen molar-refractivity contribution in [3.63, 3.8) is 0 Å². The number of pyridine rings is 1. The Labute approximate surface area is 189 Å². The van der Waals surface area contributed by atoms with Crippen molar-refractivity contribution < 1.29 is 33.0 Å². The normalized spacial score (nSPS) is 12.1. The Morgan fingerprint density at radius 2 is 1.58 bits per heavy atom. The van der Waals surface area contributed by atoms with Crippen LogP contribution in [0.5, 0.6) is 5.75 Å². The van der Waals surface area contributed by atoms with Crippen molar-refractivity contribution >= 4 is 33.5 Å². The summed E-state index contributed by atoms with van der Waals surface area (Å²) >= 11 is 0. The lowest BCUT2D eigenvalue weighted by atomic mass is 9.92. The summed E-state index contributed by atoms with van der Waals surface area (Å²) < 4.78 is 32.6. The van der Waals surface area contributed by atoms with Gasteiger partial charge in [0, 0.05) is 11.9 Å². The molecule has 0 aliphatic carbocycles. The Bertz CT molecular complexity index is 1200. The first-order valence-corrected chi connectivity index (χ1v) is 11.1. The van der Waals surface area contributed by atoms with E-state index in [1.54, 1.807) is 36.4 Å². The number of ether oxygens (including phenoxy) is 1. The van der Waals surface area contributed by atoms with Crippen LogP contribution in [0.4, 0.5) is 11.5 Å². The molecule has 2 aromatic carbocycles. The van der Waals surface area contributed by atoms with Crippen molar-refractivity contribution in [3.05, 3.63) is 78.5 Å². The van der Waals surface area contributed by atoms with E-state index >= 15 is 0 Å². The smallest absolute Gasteiger partial charge is 0.320 e. The standard InChI is InChI=1S/C22H21N3O7S/c1-32-16-9-5-14(6-10-16)20(19(21(26)27)22(28)29)24-15-7-11-17(12-8-15)33(30,31)25-18-4-2-3-13-23-18/h2-13,19-20,24H,1H3,(H,23,25)(H,26,27)(H,28,29)/t20-/m0/s1. The third-order valence-corrected chi connectivity index (χ3v) is 6.10. The van der Waals surface area contributed by atoms with Gasteiger partial charge in [0.1, 0.15) is 11.6 Å². The highest BCUT2D eigenvalue weighted by molar-refractivity contribution is 7.92. The molecule has 0 unspecified atom stereocenters. The Kier molecular flexibility index (Phi) is 7.13. The highest BCUT2D eigenvalue weighted by Crippen LogP contribution is 2.30. The molecule has 0 saturated heterocycles. The average molecular weight is 471 g/mol. The molecule has 3 aromatic rings. The van der Waals surface area contributed by atoms with E-state index in [1.165, 1.54) is 43.6 Å². The predicted octanol–water partition coefficient (Wildman–Crippen LogP) is 2.83. The van der Waals surface area contributed by atoms with Crippen LogP contribution in [0.1, 0.15) is 11.6 Å². The van der Waals surface area contributed by atoms with Crippen LogP contribution in [-0.2, 0) is 19.6 Å². The lowest BCUT2D eigenvalue weighted by Gasteiger charge is -2.24. The first-order chi connectivity index (χ1) is 15.7. The molecule has 0 aliphatic rings. The average Bonchev–Trinajstić information content (AvgIpc) is 2.79. The van der Waals surface area contributed by atoms with Gasteiger partial charge in [-0.05, 0) is 54.1 Å². The Morgan fingerprint density at radius 3 is 2.09 bits per heavy atom. The summed E-state index contributed by atoms with van der Waals surface area (Å²) in [7, 11) is -2.43. The summed E-state index contributed by atoms with van der Waals surface area (Å²) in [5.41, 5.74) is 0.735. The van der Waals surface area contributed by atoms with Gasteiger partial charge in [-0.1, -0.05) is 18.2 Å². The Hall–Kier alpha value is -4.12. The van der Waals surface area contributed by atoms with Gasteiger partial charge in [-0.2, -0.15) is 0 Å². The minimum Gasteiger partial charge on any atom is -0.497 e. The number of aliphatic carboxylic acids is 2. The van der Waals surface area contributed by atoms with E-state index < -0.39 is 33.9 Å². The first-order valence-electron chi connectivity index (χ1n) is 9.61. The second-order valence-corrected chi connectivity index (χ2v) is 8.58. The number of methoxy groups -OCH3 is 1. The zero-order valence-corrected chi connectivity index (χ0v) is 18.2. The number of carboxylic acid groups (broad SMARTS) is 2. The number of rotatable bonds is 10. The van der Waals surface area contributed by atoms with E-state index in [-0.39, 0.29) is 10.7 Å². The van der Waals surface area contributed by atoms with Crippen molar-refractivity contribution in [2.24, 2.45) is 5.92 Å². The van der Waals surface area contributed by atoms with Crippen LogP contribution in [0.15, 0.2) is 77.8 Å². The topological polar surface area (TPSA) is 155 Å². The minimum absolute atomic E-state index is 0.0484. The summed E-state index contributed by atoms with van der Waals surface area (Å²) in [6.45, 7) is 0. The molecule has 33 heavy (non-hydrogen) atoms. The van der Waals surface area contributed by atoms with Crippen LogP contribution in [0.3, 0.4) is 0 Å². The van der Waals surface area contributed by atoms with Gasteiger partial charge in [0.05, 0.1) is 18.0 Å². The number of carbonyl (C=O) groups is 2. The number of sulfonamides is 1. The Morgan fingerprint density at radius 1 is 0.939 bits per heavy atom. The molecule has 1 heterocycles. The van der Waals surface area contributed by atoms with Gasteiger partial charge in [-0.25, -0.2) is 13.4 Å². The van der Waals surface area contributed by atoms with Crippen LogP contribution in [-0.4, -0.2) is 42.7 Å². The van der Waals surface area contributed by atoms with E-state index in [0.717, 1.165) is 0 Å². The van der Waals surface area contributed by atoms with Gasteiger partial charge in [0.25, 0.3) is 10.0 Å². The SMILES string of the molecule is COc1ccc([C@H](Nc2ccc(S(=O)(=O)Nc3ccccn3)cc2)C(C(=O)O)C(=O)O)cc1. The van der Waals surface area contributed by atoms with Gasteiger partial charge in [-0.15, -0.1) is 0 Å². The molecule has 0 aliphatic heterocycles. The number of hydrogen-bond acceptors (Lipinski definition) is 7. The molecule has 0 amide bonds. The van der Waals surface area contributed by atoms with Crippen LogP contribution >= 0.6 is 0 Å². The zero-order valence-electron chi connectivity index (χ0n) is 17.4. The fraction of sp³-hybridized carbons (Fsp3) is 0.136.